The molecule has 0 aliphatic carbocycles. The average Bonchev–Trinajstić information content (AvgIpc) is 3.01. The van der Waals surface area contributed by atoms with Crippen molar-refractivity contribution in [2.45, 2.75) is 13.1 Å². The number of hydrogen-bond donors (Lipinski definition) is 2. The van der Waals surface area contributed by atoms with Gasteiger partial charge in [-0.3, -0.25) is 0 Å². The van der Waals surface area contributed by atoms with Crippen molar-refractivity contribution in [3.63, 3.8) is 0 Å². The molecular formula is C18H19ClN4O. The predicted molar refractivity (Wildman–Crippen MR) is 94.8 cm³/mol. The molecule has 0 radical (unpaired) electrons. The lowest BCUT2D eigenvalue weighted by Crippen LogP contribution is -2.18. The standard InChI is InChI=1S/C18H19ClN4O/c19-16-9-5-4-8-15(16)13-23-21-17(12-20-10-11-24)18(22-23)14-6-2-1-3-7-14/h1-9,20,24H,10-13H2. The third kappa shape index (κ3) is 4.00. The monoisotopic (exact) mass is 342 g/mol. The summed E-state index contributed by atoms with van der Waals surface area (Å²) in [7, 11) is 0. The molecule has 0 spiro atoms. The summed E-state index contributed by atoms with van der Waals surface area (Å²) in [6.45, 7) is 1.67. The molecule has 3 aromatic rings. The first kappa shape index (κ1) is 16.6. The van der Waals surface area contributed by atoms with Crippen LogP contribution < -0.4 is 5.32 Å². The van der Waals surface area contributed by atoms with Gasteiger partial charge in [0.25, 0.3) is 0 Å². The van der Waals surface area contributed by atoms with Crippen LogP contribution in [0.1, 0.15) is 11.3 Å². The van der Waals surface area contributed by atoms with Gasteiger partial charge in [0.15, 0.2) is 0 Å². The fourth-order valence-corrected chi connectivity index (χ4v) is 2.65. The summed E-state index contributed by atoms with van der Waals surface area (Å²) >= 11 is 6.23. The molecule has 3 rings (SSSR count). The molecule has 0 amide bonds. The van der Waals surface area contributed by atoms with Crippen molar-refractivity contribution in [2.24, 2.45) is 0 Å². The molecule has 1 aromatic heterocycles. The summed E-state index contributed by atoms with van der Waals surface area (Å²) in [6, 6.07) is 17.6. The van der Waals surface area contributed by atoms with Crippen molar-refractivity contribution in [1.82, 2.24) is 20.3 Å². The maximum Gasteiger partial charge on any atom is 0.117 e. The van der Waals surface area contributed by atoms with E-state index in [0.717, 1.165) is 22.5 Å². The Balaban J connectivity index is 1.89. The first-order chi connectivity index (χ1) is 11.8. The highest BCUT2D eigenvalue weighted by Crippen LogP contribution is 2.21. The normalized spacial score (nSPS) is 10.9. The van der Waals surface area contributed by atoms with Gasteiger partial charge >= 0.3 is 0 Å². The Kier molecular flexibility index (Phi) is 5.59. The van der Waals surface area contributed by atoms with Crippen molar-refractivity contribution in [2.75, 3.05) is 13.2 Å². The number of rotatable bonds is 7. The lowest BCUT2D eigenvalue weighted by atomic mass is 10.1. The third-order valence-electron chi connectivity index (χ3n) is 3.62. The van der Waals surface area contributed by atoms with Gasteiger partial charge in [0.2, 0.25) is 0 Å². The average molecular weight is 343 g/mol. The molecule has 0 fully saturated rings. The molecule has 0 unspecified atom stereocenters. The Bertz CT molecular complexity index is 789. The lowest BCUT2D eigenvalue weighted by molar-refractivity contribution is 0.291. The SMILES string of the molecule is OCCNCc1nn(Cc2ccccc2Cl)nc1-c1ccccc1. The third-order valence-corrected chi connectivity index (χ3v) is 3.99. The second-order valence-corrected chi connectivity index (χ2v) is 5.79. The number of benzene rings is 2. The minimum absolute atomic E-state index is 0.0917. The van der Waals surface area contributed by atoms with Crippen molar-refractivity contribution in [1.29, 1.82) is 0 Å². The summed E-state index contributed by atoms with van der Waals surface area (Å²) in [6.07, 6.45) is 0. The highest BCUT2D eigenvalue weighted by atomic mass is 35.5. The number of aliphatic hydroxyl groups excluding tert-OH is 1. The maximum atomic E-state index is 8.94. The molecular weight excluding hydrogens is 324 g/mol. The number of aromatic nitrogens is 3. The number of hydrogen-bond acceptors (Lipinski definition) is 4. The van der Waals surface area contributed by atoms with E-state index in [1.165, 1.54) is 0 Å². The molecule has 0 saturated heterocycles. The van der Waals surface area contributed by atoms with Gasteiger partial charge < -0.3 is 10.4 Å². The van der Waals surface area contributed by atoms with Crippen molar-refractivity contribution < 1.29 is 5.11 Å². The van der Waals surface area contributed by atoms with Crippen LogP contribution >= 0.6 is 11.6 Å². The molecule has 5 nitrogen and oxygen atoms in total. The van der Waals surface area contributed by atoms with Crippen LogP contribution in [0.4, 0.5) is 0 Å². The van der Waals surface area contributed by atoms with Crippen molar-refractivity contribution in [3.8, 4) is 11.3 Å². The Morgan fingerprint density at radius 2 is 1.75 bits per heavy atom. The van der Waals surface area contributed by atoms with Crippen LogP contribution in [0.5, 0.6) is 0 Å². The van der Waals surface area contributed by atoms with E-state index in [1.54, 1.807) is 4.80 Å². The summed E-state index contributed by atoms with van der Waals surface area (Å²) in [5.74, 6) is 0. The molecule has 0 saturated carbocycles. The Hall–Kier alpha value is -2.21. The zero-order valence-corrected chi connectivity index (χ0v) is 13.9. The second-order valence-electron chi connectivity index (χ2n) is 5.38. The smallest absolute Gasteiger partial charge is 0.117 e. The molecule has 2 aromatic carbocycles. The van der Waals surface area contributed by atoms with Gasteiger partial charge in [0.1, 0.15) is 11.4 Å². The van der Waals surface area contributed by atoms with Crippen LogP contribution in [0.3, 0.4) is 0 Å². The van der Waals surface area contributed by atoms with E-state index in [0.29, 0.717) is 24.7 Å². The minimum atomic E-state index is 0.0917. The molecule has 0 aliphatic rings. The largest absolute Gasteiger partial charge is 0.395 e. The summed E-state index contributed by atoms with van der Waals surface area (Å²) in [5.41, 5.74) is 3.68. The zero-order valence-electron chi connectivity index (χ0n) is 13.2. The summed E-state index contributed by atoms with van der Waals surface area (Å²) in [4.78, 5) is 1.67. The number of nitrogens with one attached hydrogen (secondary N) is 1. The fourth-order valence-electron chi connectivity index (χ4n) is 2.46. The van der Waals surface area contributed by atoms with Gasteiger partial charge in [0.05, 0.1) is 13.2 Å². The highest BCUT2D eigenvalue weighted by molar-refractivity contribution is 6.31. The number of halogens is 1. The molecule has 24 heavy (non-hydrogen) atoms. The predicted octanol–water partition coefficient (Wildman–Crippen LogP) is 2.73. The second kappa shape index (κ2) is 8.06. The topological polar surface area (TPSA) is 63.0 Å². The van der Waals surface area contributed by atoms with E-state index in [1.807, 2.05) is 54.6 Å². The Morgan fingerprint density at radius 1 is 1.00 bits per heavy atom. The van der Waals surface area contributed by atoms with Gasteiger partial charge in [-0.25, -0.2) is 0 Å². The maximum absolute atomic E-state index is 8.94. The molecule has 0 bridgehead atoms. The minimum Gasteiger partial charge on any atom is -0.395 e. The van der Waals surface area contributed by atoms with Crippen molar-refractivity contribution in [3.05, 3.63) is 70.9 Å². The van der Waals surface area contributed by atoms with Crippen LogP contribution in [0.15, 0.2) is 54.6 Å². The Labute approximate surface area is 145 Å². The van der Waals surface area contributed by atoms with Gasteiger partial charge in [-0.15, -0.1) is 0 Å². The first-order valence-corrected chi connectivity index (χ1v) is 8.20. The van der Waals surface area contributed by atoms with Crippen LogP contribution in [0.2, 0.25) is 5.02 Å². The quantitative estimate of drug-likeness (QED) is 0.648. The summed E-state index contributed by atoms with van der Waals surface area (Å²) < 4.78 is 0. The van der Waals surface area contributed by atoms with Crippen LogP contribution in [-0.2, 0) is 13.1 Å². The number of nitrogens with zero attached hydrogens (tertiary/aromatic N) is 3. The van der Waals surface area contributed by atoms with Gasteiger partial charge in [-0.2, -0.15) is 15.0 Å². The molecule has 6 heteroatoms. The molecule has 2 N–H and O–H groups in total. The highest BCUT2D eigenvalue weighted by Gasteiger charge is 2.13. The van der Waals surface area contributed by atoms with E-state index in [-0.39, 0.29) is 6.61 Å². The van der Waals surface area contributed by atoms with E-state index < -0.39 is 0 Å². The van der Waals surface area contributed by atoms with Gasteiger partial charge in [-0.05, 0) is 11.6 Å². The summed E-state index contributed by atoms with van der Waals surface area (Å²) in [5, 5.41) is 22.0. The zero-order chi connectivity index (χ0) is 16.8. The number of aliphatic hydroxyl groups is 1. The first-order valence-electron chi connectivity index (χ1n) is 7.82. The van der Waals surface area contributed by atoms with E-state index >= 15 is 0 Å². The lowest BCUT2D eigenvalue weighted by Gasteiger charge is -2.02. The Morgan fingerprint density at radius 3 is 2.50 bits per heavy atom. The van der Waals surface area contributed by atoms with E-state index in [2.05, 4.69) is 15.5 Å². The van der Waals surface area contributed by atoms with E-state index in [9.17, 15) is 0 Å². The van der Waals surface area contributed by atoms with E-state index in [4.69, 9.17) is 16.7 Å². The van der Waals surface area contributed by atoms with Crippen LogP contribution in [-0.4, -0.2) is 33.3 Å². The molecule has 1 heterocycles. The van der Waals surface area contributed by atoms with Crippen LogP contribution in [0, 0.1) is 0 Å². The molecule has 124 valence electrons. The van der Waals surface area contributed by atoms with Crippen molar-refractivity contribution >= 4 is 11.6 Å². The van der Waals surface area contributed by atoms with Crippen LogP contribution in [0.25, 0.3) is 11.3 Å². The van der Waals surface area contributed by atoms with Gasteiger partial charge in [-0.1, -0.05) is 60.1 Å². The fraction of sp³-hybridized carbons (Fsp3) is 0.222. The molecule has 0 aliphatic heterocycles. The molecule has 0 atom stereocenters. The van der Waals surface area contributed by atoms with Gasteiger partial charge in [0, 0.05) is 23.7 Å².